The van der Waals surface area contributed by atoms with Gasteiger partial charge in [0.25, 0.3) is 0 Å². The first-order valence-electron chi connectivity index (χ1n) is 5.38. The Morgan fingerprint density at radius 3 is 2.59 bits per heavy atom. The first-order valence-corrected chi connectivity index (χ1v) is 5.38. The van der Waals surface area contributed by atoms with Gasteiger partial charge in [0.2, 0.25) is 0 Å². The topological polar surface area (TPSA) is 74.4 Å². The predicted molar refractivity (Wildman–Crippen MR) is 62.8 cm³/mol. The van der Waals surface area contributed by atoms with E-state index >= 15 is 0 Å². The van der Waals surface area contributed by atoms with Gasteiger partial charge in [-0.25, -0.2) is 5.90 Å². The number of esters is 1. The Labute approximate surface area is 101 Å². The third-order valence-electron chi connectivity index (χ3n) is 1.89. The standard InChI is InChI=1S/C12H18N2O3/c1-12(2,3)17-11(15)6-9-4-5-10(8-16-13)14-7-9/h4-5,7H,6,8,13H2,1-3H3. The summed E-state index contributed by atoms with van der Waals surface area (Å²) >= 11 is 0. The van der Waals surface area contributed by atoms with Crippen LogP contribution in [0.1, 0.15) is 32.0 Å². The van der Waals surface area contributed by atoms with Crippen molar-refractivity contribution in [2.45, 2.75) is 39.4 Å². The van der Waals surface area contributed by atoms with Gasteiger partial charge in [-0.15, -0.1) is 0 Å². The molecular weight excluding hydrogens is 220 g/mol. The van der Waals surface area contributed by atoms with E-state index in [0.717, 1.165) is 11.3 Å². The summed E-state index contributed by atoms with van der Waals surface area (Å²) in [5.41, 5.74) is 1.07. The Morgan fingerprint density at radius 1 is 1.41 bits per heavy atom. The number of carbonyl (C=O) groups is 1. The van der Waals surface area contributed by atoms with Gasteiger partial charge in [0.05, 0.1) is 12.1 Å². The summed E-state index contributed by atoms with van der Waals surface area (Å²) in [6.45, 7) is 5.77. The van der Waals surface area contributed by atoms with Crippen molar-refractivity contribution in [3.63, 3.8) is 0 Å². The van der Waals surface area contributed by atoms with Crippen LogP contribution >= 0.6 is 0 Å². The molecule has 5 nitrogen and oxygen atoms in total. The highest BCUT2D eigenvalue weighted by molar-refractivity contribution is 5.72. The molecule has 94 valence electrons. The second-order valence-corrected chi connectivity index (χ2v) is 4.73. The lowest BCUT2D eigenvalue weighted by atomic mass is 10.1. The summed E-state index contributed by atoms with van der Waals surface area (Å²) in [7, 11) is 0. The largest absolute Gasteiger partial charge is 0.460 e. The van der Waals surface area contributed by atoms with Crippen LogP contribution < -0.4 is 5.90 Å². The quantitative estimate of drug-likeness (QED) is 0.633. The Morgan fingerprint density at radius 2 is 2.12 bits per heavy atom. The molecule has 1 aromatic rings. The van der Waals surface area contributed by atoms with Gasteiger partial charge in [0.15, 0.2) is 0 Å². The molecule has 0 aliphatic rings. The summed E-state index contributed by atoms with van der Waals surface area (Å²) in [5, 5.41) is 0. The molecule has 1 aromatic heterocycles. The minimum atomic E-state index is -0.460. The number of rotatable bonds is 4. The molecule has 0 saturated carbocycles. The second-order valence-electron chi connectivity index (χ2n) is 4.73. The molecule has 1 rings (SSSR count). The van der Waals surface area contributed by atoms with Crippen molar-refractivity contribution in [1.29, 1.82) is 0 Å². The van der Waals surface area contributed by atoms with Crippen LogP contribution in [-0.4, -0.2) is 16.6 Å². The highest BCUT2D eigenvalue weighted by Gasteiger charge is 2.16. The molecule has 2 N–H and O–H groups in total. The van der Waals surface area contributed by atoms with E-state index in [1.54, 1.807) is 12.3 Å². The molecule has 0 bridgehead atoms. The fourth-order valence-corrected chi connectivity index (χ4v) is 1.27. The summed E-state index contributed by atoms with van der Waals surface area (Å²) < 4.78 is 5.21. The zero-order valence-corrected chi connectivity index (χ0v) is 10.4. The molecule has 0 spiro atoms. The van der Waals surface area contributed by atoms with Crippen LogP contribution in [-0.2, 0) is 27.4 Å². The third-order valence-corrected chi connectivity index (χ3v) is 1.89. The van der Waals surface area contributed by atoms with E-state index in [-0.39, 0.29) is 19.0 Å². The van der Waals surface area contributed by atoms with Crippen molar-refractivity contribution >= 4 is 5.97 Å². The number of nitrogens with two attached hydrogens (primary N) is 1. The zero-order valence-electron chi connectivity index (χ0n) is 10.4. The third kappa shape index (κ3) is 5.42. The van der Waals surface area contributed by atoms with Crippen LogP contribution in [0.15, 0.2) is 18.3 Å². The minimum Gasteiger partial charge on any atom is -0.460 e. The fraction of sp³-hybridized carbons (Fsp3) is 0.500. The molecule has 0 aliphatic heterocycles. The van der Waals surface area contributed by atoms with Crippen LogP contribution in [0.5, 0.6) is 0 Å². The maximum absolute atomic E-state index is 11.5. The second kappa shape index (κ2) is 5.75. The van der Waals surface area contributed by atoms with Crippen molar-refractivity contribution in [3.8, 4) is 0 Å². The highest BCUT2D eigenvalue weighted by atomic mass is 16.6. The van der Waals surface area contributed by atoms with E-state index in [0.29, 0.717) is 0 Å². The van der Waals surface area contributed by atoms with Gasteiger partial charge >= 0.3 is 5.97 Å². The number of hydrogen-bond acceptors (Lipinski definition) is 5. The molecule has 0 fully saturated rings. The average molecular weight is 238 g/mol. The summed E-state index contributed by atoms with van der Waals surface area (Å²) in [4.78, 5) is 20.1. The molecule has 1 heterocycles. The zero-order chi connectivity index (χ0) is 12.9. The fourth-order valence-electron chi connectivity index (χ4n) is 1.27. The van der Waals surface area contributed by atoms with E-state index < -0.39 is 5.60 Å². The molecule has 0 unspecified atom stereocenters. The number of hydrogen-bond donors (Lipinski definition) is 1. The highest BCUT2D eigenvalue weighted by Crippen LogP contribution is 2.10. The van der Waals surface area contributed by atoms with Gasteiger partial charge in [0, 0.05) is 6.20 Å². The summed E-state index contributed by atoms with van der Waals surface area (Å²) in [6, 6.07) is 3.58. The number of aromatic nitrogens is 1. The molecule has 0 saturated heterocycles. The van der Waals surface area contributed by atoms with Gasteiger partial charge < -0.3 is 4.74 Å². The van der Waals surface area contributed by atoms with E-state index in [9.17, 15) is 4.79 Å². The smallest absolute Gasteiger partial charge is 0.310 e. The molecule has 0 atom stereocenters. The molecule has 0 aliphatic carbocycles. The van der Waals surface area contributed by atoms with Crippen LogP contribution in [0.3, 0.4) is 0 Å². The summed E-state index contributed by atoms with van der Waals surface area (Å²) in [5.74, 6) is 4.67. The van der Waals surface area contributed by atoms with Gasteiger partial charge in [0.1, 0.15) is 12.2 Å². The van der Waals surface area contributed by atoms with Crippen LogP contribution in [0.4, 0.5) is 0 Å². The Hall–Kier alpha value is -1.46. The van der Waals surface area contributed by atoms with Crippen LogP contribution in [0.25, 0.3) is 0 Å². The number of nitrogens with zero attached hydrogens (tertiary/aromatic N) is 1. The van der Waals surface area contributed by atoms with E-state index in [1.807, 2.05) is 26.8 Å². The lowest BCUT2D eigenvalue weighted by Crippen LogP contribution is -2.24. The summed E-state index contributed by atoms with van der Waals surface area (Å²) in [6.07, 6.45) is 1.84. The maximum Gasteiger partial charge on any atom is 0.310 e. The van der Waals surface area contributed by atoms with Crippen molar-refractivity contribution in [1.82, 2.24) is 4.98 Å². The van der Waals surface area contributed by atoms with Gasteiger partial charge in [-0.2, -0.15) is 0 Å². The number of ether oxygens (including phenoxy) is 1. The van der Waals surface area contributed by atoms with E-state index in [4.69, 9.17) is 10.6 Å². The minimum absolute atomic E-state index is 0.216. The van der Waals surface area contributed by atoms with Crippen molar-refractivity contribution in [3.05, 3.63) is 29.6 Å². The van der Waals surface area contributed by atoms with Crippen LogP contribution in [0, 0.1) is 0 Å². The maximum atomic E-state index is 11.5. The Balaban J connectivity index is 2.54. The molecular formula is C12H18N2O3. The number of pyridine rings is 1. The predicted octanol–water partition coefficient (Wildman–Crippen LogP) is 1.36. The van der Waals surface area contributed by atoms with Crippen LogP contribution in [0.2, 0.25) is 0 Å². The lowest BCUT2D eigenvalue weighted by Gasteiger charge is -2.19. The molecule has 0 radical (unpaired) electrons. The first kappa shape index (κ1) is 13.6. The molecule has 17 heavy (non-hydrogen) atoms. The average Bonchev–Trinajstić information content (AvgIpc) is 2.18. The van der Waals surface area contributed by atoms with Crippen molar-refractivity contribution < 1.29 is 14.4 Å². The van der Waals surface area contributed by atoms with Crippen molar-refractivity contribution in [2.75, 3.05) is 0 Å². The van der Waals surface area contributed by atoms with E-state index in [1.165, 1.54) is 0 Å². The van der Waals surface area contributed by atoms with E-state index in [2.05, 4.69) is 9.82 Å². The van der Waals surface area contributed by atoms with Gasteiger partial charge in [-0.1, -0.05) is 6.07 Å². The monoisotopic (exact) mass is 238 g/mol. The lowest BCUT2D eigenvalue weighted by molar-refractivity contribution is -0.153. The normalized spacial score (nSPS) is 11.3. The van der Waals surface area contributed by atoms with Gasteiger partial charge in [-0.05, 0) is 32.4 Å². The Kier molecular flexibility index (Phi) is 4.60. The SMILES string of the molecule is CC(C)(C)OC(=O)Cc1ccc(CON)nc1. The number of carbonyl (C=O) groups excluding carboxylic acids is 1. The first-order chi connectivity index (χ1) is 7.90. The Bertz CT molecular complexity index is 368. The molecule has 5 heteroatoms. The molecule has 0 aromatic carbocycles. The molecule has 0 amide bonds. The van der Waals surface area contributed by atoms with Crippen molar-refractivity contribution in [2.24, 2.45) is 5.90 Å². The van der Waals surface area contributed by atoms with Gasteiger partial charge in [-0.3, -0.25) is 14.6 Å².